The molecule has 0 aromatic carbocycles. The van der Waals surface area contributed by atoms with Gasteiger partial charge in [-0.05, 0) is 33.6 Å². The van der Waals surface area contributed by atoms with Gasteiger partial charge in [0.05, 0.1) is 0 Å². The third kappa shape index (κ3) is 11.4. The zero-order valence-electron chi connectivity index (χ0n) is 12.2. The number of carbonyl (C=O) groups excluding carboxylic acids is 3. The number of hydrogen-bond acceptors (Lipinski definition) is 4. The number of rotatable bonds is 9. The number of allylic oxidation sites excluding steroid dienone is 1. The van der Waals surface area contributed by atoms with Gasteiger partial charge in [-0.25, -0.2) is 0 Å². The maximum Gasteiger partial charge on any atom is 0.313 e. The lowest BCUT2D eigenvalue weighted by Gasteiger charge is -2.19. The fourth-order valence-corrected chi connectivity index (χ4v) is 1.47. The number of Topliss-reactive ketones (excluding diaryl/α,β-unsaturated/α-hetero) is 2. The molecule has 0 rings (SSSR count). The maximum atomic E-state index is 11.5. The zero-order chi connectivity index (χ0) is 14.9. The van der Waals surface area contributed by atoms with Crippen LogP contribution >= 0.6 is 0 Å². The summed E-state index contributed by atoms with van der Waals surface area (Å²) in [7, 11) is 0. The summed E-state index contributed by atoms with van der Waals surface area (Å²) in [4.78, 5) is 34.3. The number of ketones is 2. The molecule has 0 amide bonds. The first-order valence-electron chi connectivity index (χ1n) is 6.60. The Kier molecular flexibility index (Phi) is 7.96. The first-order chi connectivity index (χ1) is 8.74. The second kappa shape index (κ2) is 8.62. The standard InChI is InChI=1S/C15H24O4/c1-5-6-7-8-12(16)9-10-13(17)11-14(18)19-15(2,3)4/h5H,1,6-11H2,2-4H3. The highest BCUT2D eigenvalue weighted by atomic mass is 16.6. The summed E-state index contributed by atoms with van der Waals surface area (Å²) in [5.74, 6) is -0.720. The van der Waals surface area contributed by atoms with Crippen molar-refractivity contribution in [1.82, 2.24) is 0 Å². The van der Waals surface area contributed by atoms with Crippen LogP contribution in [0.4, 0.5) is 0 Å². The summed E-state index contributed by atoms with van der Waals surface area (Å²) in [6.45, 7) is 8.82. The molecule has 0 aromatic heterocycles. The van der Waals surface area contributed by atoms with E-state index in [9.17, 15) is 14.4 Å². The van der Waals surface area contributed by atoms with Gasteiger partial charge in [0.1, 0.15) is 23.6 Å². The summed E-state index contributed by atoms with van der Waals surface area (Å²) in [6, 6.07) is 0. The summed E-state index contributed by atoms with van der Waals surface area (Å²) in [6.07, 6.45) is 3.87. The fraction of sp³-hybridized carbons (Fsp3) is 0.667. The molecule has 0 unspecified atom stereocenters. The van der Waals surface area contributed by atoms with Crippen molar-refractivity contribution in [3.05, 3.63) is 12.7 Å². The Hall–Kier alpha value is -1.45. The number of unbranched alkanes of at least 4 members (excludes halogenated alkanes) is 1. The molecule has 0 saturated heterocycles. The highest BCUT2D eigenvalue weighted by molar-refractivity contribution is 5.97. The molecule has 0 aliphatic carbocycles. The lowest BCUT2D eigenvalue weighted by atomic mass is 10.1. The van der Waals surface area contributed by atoms with Crippen LogP contribution in [0.2, 0.25) is 0 Å². The molecule has 0 aliphatic rings. The van der Waals surface area contributed by atoms with Gasteiger partial charge in [-0.3, -0.25) is 14.4 Å². The van der Waals surface area contributed by atoms with Gasteiger partial charge in [0.25, 0.3) is 0 Å². The average molecular weight is 268 g/mol. The van der Waals surface area contributed by atoms with Crippen LogP contribution in [0.1, 0.15) is 59.3 Å². The van der Waals surface area contributed by atoms with Gasteiger partial charge in [0.2, 0.25) is 0 Å². The first kappa shape index (κ1) is 17.6. The van der Waals surface area contributed by atoms with Gasteiger partial charge >= 0.3 is 5.97 Å². The smallest absolute Gasteiger partial charge is 0.313 e. The molecule has 4 heteroatoms. The summed E-state index contributed by atoms with van der Waals surface area (Å²) < 4.78 is 5.04. The van der Waals surface area contributed by atoms with E-state index < -0.39 is 11.6 Å². The predicted octanol–water partition coefficient (Wildman–Crippen LogP) is 2.99. The second-order valence-electron chi connectivity index (χ2n) is 5.52. The first-order valence-corrected chi connectivity index (χ1v) is 6.60. The van der Waals surface area contributed by atoms with Crippen LogP contribution in [0.5, 0.6) is 0 Å². The van der Waals surface area contributed by atoms with E-state index in [2.05, 4.69) is 6.58 Å². The third-order valence-electron chi connectivity index (χ3n) is 2.31. The predicted molar refractivity (Wildman–Crippen MR) is 73.8 cm³/mol. The Labute approximate surface area is 115 Å². The van der Waals surface area contributed by atoms with Crippen LogP contribution in [-0.4, -0.2) is 23.1 Å². The number of hydrogen-bond donors (Lipinski definition) is 0. The molecule has 0 saturated carbocycles. The maximum absolute atomic E-state index is 11.5. The lowest BCUT2D eigenvalue weighted by Crippen LogP contribution is -2.25. The van der Waals surface area contributed by atoms with E-state index in [-0.39, 0.29) is 30.8 Å². The van der Waals surface area contributed by atoms with Gasteiger partial charge < -0.3 is 4.74 Å². The largest absolute Gasteiger partial charge is 0.460 e. The van der Waals surface area contributed by atoms with Crippen molar-refractivity contribution in [2.75, 3.05) is 0 Å². The van der Waals surface area contributed by atoms with E-state index in [0.29, 0.717) is 6.42 Å². The monoisotopic (exact) mass is 268 g/mol. The van der Waals surface area contributed by atoms with Crippen LogP contribution in [-0.2, 0) is 19.1 Å². The highest BCUT2D eigenvalue weighted by Gasteiger charge is 2.19. The van der Waals surface area contributed by atoms with Crippen molar-refractivity contribution >= 4 is 17.5 Å². The molecule has 0 fully saturated rings. The molecule has 0 aromatic rings. The Bertz CT molecular complexity index is 337. The lowest BCUT2D eigenvalue weighted by molar-refractivity contribution is -0.156. The normalized spacial score (nSPS) is 10.9. The topological polar surface area (TPSA) is 60.4 Å². The van der Waals surface area contributed by atoms with Crippen LogP contribution in [0.3, 0.4) is 0 Å². The van der Waals surface area contributed by atoms with Crippen LogP contribution < -0.4 is 0 Å². The molecule has 0 aliphatic heterocycles. The Balaban J connectivity index is 3.83. The van der Waals surface area contributed by atoms with Crippen LogP contribution in [0, 0.1) is 0 Å². The Morgan fingerprint density at radius 1 is 1.05 bits per heavy atom. The number of carbonyl (C=O) groups is 3. The quantitative estimate of drug-likeness (QED) is 0.279. The van der Waals surface area contributed by atoms with Crippen molar-refractivity contribution < 1.29 is 19.1 Å². The van der Waals surface area contributed by atoms with Crippen molar-refractivity contribution in [3.63, 3.8) is 0 Å². The van der Waals surface area contributed by atoms with E-state index >= 15 is 0 Å². The van der Waals surface area contributed by atoms with Crippen LogP contribution in [0.15, 0.2) is 12.7 Å². The Morgan fingerprint density at radius 3 is 2.16 bits per heavy atom. The number of esters is 1. The van der Waals surface area contributed by atoms with E-state index in [4.69, 9.17) is 4.74 Å². The van der Waals surface area contributed by atoms with Gasteiger partial charge in [-0.2, -0.15) is 0 Å². The van der Waals surface area contributed by atoms with E-state index in [1.54, 1.807) is 26.8 Å². The zero-order valence-corrected chi connectivity index (χ0v) is 12.2. The molecule has 0 bridgehead atoms. The molecular weight excluding hydrogens is 244 g/mol. The molecular formula is C15H24O4. The van der Waals surface area contributed by atoms with Gasteiger partial charge in [0.15, 0.2) is 0 Å². The van der Waals surface area contributed by atoms with Gasteiger partial charge in [-0.1, -0.05) is 6.08 Å². The van der Waals surface area contributed by atoms with Crippen LogP contribution in [0.25, 0.3) is 0 Å². The summed E-state index contributed by atoms with van der Waals surface area (Å²) in [5.41, 5.74) is -0.585. The highest BCUT2D eigenvalue weighted by Crippen LogP contribution is 2.10. The minimum atomic E-state index is -0.585. The number of ether oxygens (including phenoxy) is 1. The van der Waals surface area contributed by atoms with Crippen molar-refractivity contribution in [3.8, 4) is 0 Å². The molecule has 0 N–H and O–H groups in total. The minimum Gasteiger partial charge on any atom is -0.460 e. The average Bonchev–Trinajstić information content (AvgIpc) is 2.24. The molecule has 0 radical (unpaired) electrons. The molecule has 108 valence electrons. The van der Waals surface area contributed by atoms with Crippen molar-refractivity contribution in [1.29, 1.82) is 0 Å². The van der Waals surface area contributed by atoms with Gasteiger partial charge in [0, 0.05) is 19.3 Å². The van der Waals surface area contributed by atoms with Crippen molar-refractivity contribution in [2.24, 2.45) is 0 Å². The molecule has 0 atom stereocenters. The van der Waals surface area contributed by atoms with Crippen molar-refractivity contribution in [2.45, 2.75) is 64.9 Å². The van der Waals surface area contributed by atoms with E-state index in [0.717, 1.165) is 12.8 Å². The summed E-state index contributed by atoms with van der Waals surface area (Å²) >= 11 is 0. The fourth-order valence-electron chi connectivity index (χ4n) is 1.47. The molecule has 0 spiro atoms. The van der Waals surface area contributed by atoms with E-state index in [1.165, 1.54) is 0 Å². The SMILES string of the molecule is C=CCCCC(=O)CCC(=O)CC(=O)OC(C)(C)C. The molecule has 0 heterocycles. The van der Waals surface area contributed by atoms with E-state index in [1.807, 2.05) is 0 Å². The molecule has 19 heavy (non-hydrogen) atoms. The van der Waals surface area contributed by atoms with Gasteiger partial charge in [-0.15, -0.1) is 6.58 Å². The Morgan fingerprint density at radius 2 is 1.63 bits per heavy atom. The third-order valence-corrected chi connectivity index (χ3v) is 2.31. The minimum absolute atomic E-state index is 0.0550. The summed E-state index contributed by atoms with van der Waals surface area (Å²) in [5, 5.41) is 0. The second-order valence-corrected chi connectivity index (χ2v) is 5.52. The molecule has 4 nitrogen and oxygen atoms in total.